The molecule has 0 fully saturated rings. The smallest absolute Gasteiger partial charge is 0.0333 e. The first kappa shape index (κ1) is 11.2. The highest BCUT2D eigenvalue weighted by molar-refractivity contribution is 5.93. The quantitative estimate of drug-likeness (QED) is 0.551. The minimum atomic E-state index is 0.331. The highest BCUT2D eigenvalue weighted by Gasteiger charge is 1.93. The lowest BCUT2D eigenvalue weighted by Crippen LogP contribution is -1.99. The van der Waals surface area contributed by atoms with Gasteiger partial charge in [-0.05, 0) is 12.0 Å². The van der Waals surface area contributed by atoms with Crippen LogP contribution in [-0.4, -0.2) is 5.71 Å². The Morgan fingerprint density at radius 1 is 1.44 bits per heavy atom. The van der Waals surface area contributed by atoms with Gasteiger partial charge in [0.25, 0.3) is 0 Å². The SMILES string of the molecule is C=CC(=N)C(C)C.CC. The number of rotatable bonds is 2. The van der Waals surface area contributed by atoms with Crippen molar-refractivity contribution in [3.63, 3.8) is 0 Å². The number of nitrogens with one attached hydrogen (secondary N) is 1. The first-order valence-electron chi connectivity index (χ1n) is 3.39. The van der Waals surface area contributed by atoms with Crippen LogP contribution in [-0.2, 0) is 0 Å². The molecular formula is C8H17N. The van der Waals surface area contributed by atoms with Gasteiger partial charge in [0, 0.05) is 5.71 Å². The standard InChI is InChI=1S/C6H11N.C2H6/c1-4-6(7)5(2)3;1-2/h4-5,7H,1H2,2-3H3;1-2H3. The molecule has 0 aliphatic heterocycles. The third kappa shape index (κ3) is 7.41. The molecule has 1 heteroatoms. The lowest BCUT2D eigenvalue weighted by Gasteiger charge is -1.97. The van der Waals surface area contributed by atoms with Crippen molar-refractivity contribution < 1.29 is 0 Å². The van der Waals surface area contributed by atoms with Crippen LogP contribution >= 0.6 is 0 Å². The minimum Gasteiger partial charge on any atom is -0.305 e. The summed E-state index contributed by atoms with van der Waals surface area (Å²) in [6, 6.07) is 0. The fraction of sp³-hybridized carbons (Fsp3) is 0.625. The van der Waals surface area contributed by atoms with E-state index in [1.807, 2.05) is 27.7 Å². The van der Waals surface area contributed by atoms with Gasteiger partial charge in [0.2, 0.25) is 0 Å². The van der Waals surface area contributed by atoms with Crippen LogP contribution in [0.5, 0.6) is 0 Å². The molecule has 0 aliphatic rings. The zero-order valence-electron chi connectivity index (χ0n) is 6.86. The Bertz CT molecular complexity index is 82.6. The average molecular weight is 127 g/mol. The Morgan fingerprint density at radius 3 is 1.78 bits per heavy atom. The predicted octanol–water partition coefficient (Wildman–Crippen LogP) is 2.87. The maximum Gasteiger partial charge on any atom is 0.0333 e. The predicted molar refractivity (Wildman–Crippen MR) is 44.1 cm³/mol. The molecule has 0 saturated carbocycles. The number of allylic oxidation sites excluding steroid dienone is 1. The molecule has 54 valence electrons. The summed E-state index contributed by atoms with van der Waals surface area (Å²) in [6.45, 7) is 11.4. The van der Waals surface area contributed by atoms with Gasteiger partial charge in [-0.1, -0.05) is 34.3 Å². The van der Waals surface area contributed by atoms with Gasteiger partial charge in [0.05, 0.1) is 0 Å². The topological polar surface area (TPSA) is 23.9 Å². The van der Waals surface area contributed by atoms with Crippen molar-refractivity contribution in [2.75, 3.05) is 0 Å². The molecule has 1 nitrogen and oxygen atoms in total. The summed E-state index contributed by atoms with van der Waals surface area (Å²) in [5, 5.41) is 7.07. The van der Waals surface area contributed by atoms with Gasteiger partial charge in [-0.3, -0.25) is 0 Å². The van der Waals surface area contributed by atoms with Crippen LogP contribution in [0.25, 0.3) is 0 Å². The van der Waals surface area contributed by atoms with Crippen molar-refractivity contribution >= 4 is 5.71 Å². The van der Waals surface area contributed by atoms with Crippen LogP contribution in [0, 0.1) is 11.3 Å². The summed E-state index contributed by atoms with van der Waals surface area (Å²) in [5.41, 5.74) is 0.611. The fourth-order valence-electron chi connectivity index (χ4n) is 0.236. The molecule has 0 rings (SSSR count). The van der Waals surface area contributed by atoms with Crippen LogP contribution < -0.4 is 0 Å². The molecule has 0 heterocycles. The molecule has 0 spiro atoms. The molecule has 9 heavy (non-hydrogen) atoms. The molecular weight excluding hydrogens is 110 g/mol. The molecule has 0 saturated heterocycles. The Balaban J connectivity index is 0. The molecule has 0 atom stereocenters. The Kier molecular flexibility index (Phi) is 9.25. The van der Waals surface area contributed by atoms with E-state index < -0.39 is 0 Å². The summed E-state index contributed by atoms with van der Waals surface area (Å²) >= 11 is 0. The van der Waals surface area contributed by atoms with Gasteiger partial charge in [-0.2, -0.15) is 0 Å². The van der Waals surface area contributed by atoms with Crippen molar-refractivity contribution in [2.45, 2.75) is 27.7 Å². The lowest BCUT2D eigenvalue weighted by atomic mass is 10.1. The fourth-order valence-corrected chi connectivity index (χ4v) is 0.236. The zero-order chi connectivity index (χ0) is 7.86. The second-order valence-electron chi connectivity index (χ2n) is 1.81. The third-order valence-corrected chi connectivity index (χ3v) is 0.842. The lowest BCUT2D eigenvalue weighted by molar-refractivity contribution is 0.882. The van der Waals surface area contributed by atoms with Gasteiger partial charge in [0.15, 0.2) is 0 Å². The van der Waals surface area contributed by atoms with Gasteiger partial charge < -0.3 is 5.41 Å². The molecule has 0 aliphatic carbocycles. The maximum atomic E-state index is 7.07. The maximum absolute atomic E-state index is 7.07. The van der Waals surface area contributed by atoms with Crippen LogP contribution in [0.3, 0.4) is 0 Å². The van der Waals surface area contributed by atoms with E-state index in [0.29, 0.717) is 11.6 Å². The molecule has 0 aromatic rings. The third-order valence-electron chi connectivity index (χ3n) is 0.842. The van der Waals surface area contributed by atoms with Crippen molar-refractivity contribution in [3.05, 3.63) is 12.7 Å². The number of hydrogen-bond acceptors (Lipinski definition) is 1. The van der Waals surface area contributed by atoms with E-state index in [-0.39, 0.29) is 0 Å². The van der Waals surface area contributed by atoms with Gasteiger partial charge >= 0.3 is 0 Å². The molecule has 0 aromatic heterocycles. The van der Waals surface area contributed by atoms with E-state index in [1.165, 1.54) is 0 Å². The van der Waals surface area contributed by atoms with E-state index in [9.17, 15) is 0 Å². The molecule has 0 unspecified atom stereocenters. The Morgan fingerprint density at radius 2 is 1.78 bits per heavy atom. The van der Waals surface area contributed by atoms with Gasteiger partial charge in [-0.25, -0.2) is 0 Å². The van der Waals surface area contributed by atoms with E-state index in [4.69, 9.17) is 5.41 Å². The molecule has 0 aromatic carbocycles. The molecule has 0 radical (unpaired) electrons. The van der Waals surface area contributed by atoms with E-state index in [1.54, 1.807) is 6.08 Å². The highest BCUT2D eigenvalue weighted by atomic mass is 14.4. The van der Waals surface area contributed by atoms with Crippen molar-refractivity contribution in [1.82, 2.24) is 0 Å². The Hall–Kier alpha value is -0.590. The van der Waals surface area contributed by atoms with E-state index in [2.05, 4.69) is 6.58 Å². The van der Waals surface area contributed by atoms with E-state index in [0.717, 1.165) is 0 Å². The molecule has 1 N–H and O–H groups in total. The summed E-state index contributed by atoms with van der Waals surface area (Å²) in [5.74, 6) is 0.331. The largest absolute Gasteiger partial charge is 0.305 e. The van der Waals surface area contributed by atoms with Crippen LogP contribution in [0.15, 0.2) is 12.7 Å². The number of hydrogen-bond donors (Lipinski definition) is 1. The zero-order valence-corrected chi connectivity index (χ0v) is 6.86. The van der Waals surface area contributed by atoms with Gasteiger partial charge in [-0.15, -0.1) is 0 Å². The molecule has 0 amide bonds. The first-order chi connectivity index (χ1) is 4.18. The van der Waals surface area contributed by atoms with Gasteiger partial charge in [0.1, 0.15) is 0 Å². The van der Waals surface area contributed by atoms with E-state index >= 15 is 0 Å². The summed E-state index contributed by atoms with van der Waals surface area (Å²) in [7, 11) is 0. The van der Waals surface area contributed by atoms with Crippen molar-refractivity contribution in [2.24, 2.45) is 5.92 Å². The molecule has 0 bridgehead atoms. The summed E-state index contributed by atoms with van der Waals surface area (Å²) in [6.07, 6.45) is 1.57. The second kappa shape index (κ2) is 7.41. The van der Waals surface area contributed by atoms with Crippen LogP contribution in [0.2, 0.25) is 0 Å². The summed E-state index contributed by atoms with van der Waals surface area (Å²) in [4.78, 5) is 0. The van der Waals surface area contributed by atoms with Crippen molar-refractivity contribution in [1.29, 1.82) is 5.41 Å². The Labute approximate surface area is 58.3 Å². The first-order valence-corrected chi connectivity index (χ1v) is 3.39. The van der Waals surface area contributed by atoms with Crippen LogP contribution in [0.1, 0.15) is 27.7 Å². The highest BCUT2D eigenvalue weighted by Crippen LogP contribution is 1.92. The normalized spacial score (nSPS) is 7.67. The second-order valence-corrected chi connectivity index (χ2v) is 1.81. The minimum absolute atomic E-state index is 0.331. The van der Waals surface area contributed by atoms with Crippen LogP contribution in [0.4, 0.5) is 0 Å². The average Bonchev–Trinajstić information content (AvgIpc) is 1.91. The summed E-state index contributed by atoms with van der Waals surface area (Å²) < 4.78 is 0. The monoisotopic (exact) mass is 127 g/mol. The van der Waals surface area contributed by atoms with Crippen molar-refractivity contribution in [3.8, 4) is 0 Å².